The summed E-state index contributed by atoms with van der Waals surface area (Å²) in [6.07, 6.45) is 9.54. The van der Waals surface area contributed by atoms with Gasteiger partial charge in [-0.1, -0.05) is 6.42 Å². The van der Waals surface area contributed by atoms with Crippen LogP contribution >= 0.6 is 0 Å². The van der Waals surface area contributed by atoms with Crippen molar-refractivity contribution in [3.8, 4) is 0 Å². The minimum Gasteiger partial charge on any atom is -0.355 e. The van der Waals surface area contributed by atoms with E-state index < -0.39 is 0 Å². The molecule has 0 spiro atoms. The molecule has 3 aliphatic heterocycles. The molecule has 7 heteroatoms. The average Bonchev–Trinajstić information content (AvgIpc) is 2.67. The Kier molecular flexibility index (Phi) is 4.89. The molecule has 3 aliphatic rings. The lowest BCUT2D eigenvalue weighted by molar-refractivity contribution is -0.120. The van der Waals surface area contributed by atoms with Crippen LogP contribution in [0.15, 0.2) is 18.6 Å². The predicted octanol–water partition coefficient (Wildman–Crippen LogP) is 0.928. The summed E-state index contributed by atoms with van der Waals surface area (Å²) in [6.45, 7) is 4.90. The first-order valence-corrected chi connectivity index (χ1v) is 9.69. The first-order chi connectivity index (χ1) is 12.6. The third kappa shape index (κ3) is 3.32. The van der Waals surface area contributed by atoms with Gasteiger partial charge in [0.05, 0.1) is 6.20 Å². The normalized spacial score (nSPS) is 31.2. The minimum atomic E-state index is -0.0182. The highest BCUT2D eigenvalue weighted by atomic mass is 16.2. The Morgan fingerprint density at radius 3 is 2.85 bits per heavy atom. The Bertz CT molecular complexity index is 667. The Morgan fingerprint density at radius 2 is 2.08 bits per heavy atom. The summed E-state index contributed by atoms with van der Waals surface area (Å²) in [4.78, 5) is 37.2. The van der Waals surface area contributed by atoms with Crippen molar-refractivity contribution >= 4 is 11.8 Å². The maximum absolute atomic E-state index is 12.9. The number of hydrogen-bond donors (Lipinski definition) is 1. The van der Waals surface area contributed by atoms with E-state index in [1.807, 2.05) is 4.90 Å². The van der Waals surface area contributed by atoms with Gasteiger partial charge in [0.1, 0.15) is 5.69 Å². The van der Waals surface area contributed by atoms with E-state index in [1.54, 1.807) is 25.5 Å². The topological polar surface area (TPSA) is 78.4 Å². The van der Waals surface area contributed by atoms with Crippen molar-refractivity contribution in [3.05, 3.63) is 24.3 Å². The molecule has 0 saturated carbocycles. The van der Waals surface area contributed by atoms with E-state index in [-0.39, 0.29) is 11.8 Å². The van der Waals surface area contributed by atoms with Gasteiger partial charge in [-0.3, -0.25) is 19.5 Å². The Hall–Kier alpha value is -2.02. The largest absolute Gasteiger partial charge is 0.355 e. The minimum absolute atomic E-state index is 0.0176. The Balaban J connectivity index is 1.55. The van der Waals surface area contributed by atoms with Gasteiger partial charge in [-0.2, -0.15) is 0 Å². The standard InChI is InChI=1S/C19H27N5O2/c1-13(25)22-10-18-15-8-14(17-4-2-3-7-24(17)18)11-23(12-15)19(26)16-9-20-5-6-21-16/h5-6,9,14-15,17-18H,2-4,7-8,10-12H2,1H3,(H,22,25)/t14-,15+,17+,18+/m1/s1. The Labute approximate surface area is 154 Å². The van der Waals surface area contributed by atoms with Crippen molar-refractivity contribution in [3.63, 3.8) is 0 Å². The number of carbonyl (C=O) groups is 2. The van der Waals surface area contributed by atoms with E-state index in [1.165, 1.54) is 19.3 Å². The van der Waals surface area contributed by atoms with Gasteiger partial charge in [-0.25, -0.2) is 4.98 Å². The summed E-state index contributed by atoms with van der Waals surface area (Å²) in [5, 5.41) is 3.02. The smallest absolute Gasteiger partial charge is 0.274 e. The maximum Gasteiger partial charge on any atom is 0.274 e. The molecule has 4 rings (SSSR count). The lowest BCUT2D eigenvalue weighted by atomic mass is 9.72. The number of aromatic nitrogens is 2. The summed E-state index contributed by atoms with van der Waals surface area (Å²) in [5.41, 5.74) is 0.423. The Morgan fingerprint density at radius 1 is 1.23 bits per heavy atom. The molecule has 26 heavy (non-hydrogen) atoms. The quantitative estimate of drug-likeness (QED) is 0.871. The molecule has 7 nitrogen and oxygen atoms in total. The van der Waals surface area contributed by atoms with E-state index in [0.717, 1.165) is 26.1 Å². The molecule has 4 atom stereocenters. The zero-order chi connectivity index (χ0) is 18.1. The van der Waals surface area contributed by atoms with Gasteiger partial charge in [-0.15, -0.1) is 0 Å². The van der Waals surface area contributed by atoms with Crippen LogP contribution < -0.4 is 5.32 Å². The van der Waals surface area contributed by atoms with Crippen LogP contribution in [0.5, 0.6) is 0 Å². The molecule has 3 fully saturated rings. The van der Waals surface area contributed by atoms with Crippen LogP contribution in [-0.4, -0.2) is 69.8 Å². The number of amides is 2. The van der Waals surface area contributed by atoms with Crippen molar-refractivity contribution in [1.82, 2.24) is 25.1 Å². The van der Waals surface area contributed by atoms with E-state index in [4.69, 9.17) is 0 Å². The molecule has 140 valence electrons. The summed E-state index contributed by atoms with van der Waals surface area (Å²) in [6, 6.07) is 0.842. The fourth-order valence-electron chi connectivity index (χ4n) is 5.17. The van der Waals surface area contributed by atoms with Crippen LogP contribution in [0.25, 0.3) is 0 Å². The highest BCUT2D eigenvalue weighted by Crippen LogP contribution is 2.41. The fourth-order valence-corrected chi connectivity index (χ4v) is 5.17. The second-order valence-corrected chi connectivity index (χ2v) is 7.86. The molecular formula is C19H27N5O2. The van der Waals surface area contributed by atoms with Crippen LogP contribution in [0.2, 0.25) is 0 Å². The second-order valence-electron chi connectivity index (χ2n) is 7.86. The molecule has 2 bridgehead atoms. The number of rotatable bonds is 3. The van der Waals surface area contributed by atoms with Crippen LogP contribution in [0.1, 0.15) is 43.1 Å². The zero-order valence-electron chi connectivity index (χ0n) is 15.3. The third-order valence-electron chi connectivity index (χ3n) is 6.25. The van der Waals surface area contributed by atoms with Crippen molar-refractivity contribution < 1.29 is 9.59 Å². The molecule has 0 unspecified atom stereocenters. The molecular weight excluding hydrogens is 330 g/mol. The number of carbonyl (C=O) groups excluding carboxylic acids is 2. The van der Waals surface area contributed by atoms with E-state index in [2.05, 4.69) is 20.2 Å². The van der Waals surface area contributed by atoms with Crippen LogP contribution in [0.4, 0.5) is 0 Å². The molecule has 1 N–H and O–H groups in total. The number of piperidine rings is 3. The van der Waals surface area contributed by atoms with Crippen LogP contribution in [0, 0.1) is 11.8 Å². The first kappa shape index (κ1) is 17.4. The second kappa shape index (κ2) is 7.31. The molecule has 0 radical (unpaired) electrons. The fraction of sp³-hybridized carbons (Fsp3) is 0.684. The SMILES string of the molecule is CC(=O)NC[C@H]1[C@H]2C[C@H](CN(C(=O)c3cnccn3)C2)[C@@H]2CCCCN21. The van der Waals surface area contributed by atoms with Crippen LogP contribution in [0.3, 0.4) is 0 Å². The third-order valence-corrected chi connectivity index (χ3v) is 6.25. The molecule has 1 aromatic rings. The first-order valence-electron chi connectivity index (χ1n) is 9.69. The molecule has 0 aliphatic carbocycles. The van der Waals surface area contributed by atoms with E-state index in [0.29, 0.717) is 36.2 Å². The molecule has 3 saturated heterocycles. The number of hydrogen-bond acceptors (Lipinski definition) is 5. The number of fused-ring (bicyclic) bond motifs is 4. The number of likely N-dealkylation sites (tertiary alicyclic amines) is 1. The van der Waals surface area contributed by atoms with Gasteiger partial charge in [0.2, 0.25) is 5.91 Å². The highest BCUT2D eigenvalue weighted by Gasteiger charge is 2.47. The van der Waals surface area contributed by atoms with E-state index >= 15 is 0 Å². The zero-order valence-corrected chi connectivity index (χ0v) is 15.3. The molecule has 4 heterocycles. The maximum atomic E-state index is 12.9. The van der Waals surface area contributed by atoms with Gasteiger partial charge in [0, 0.05) is 51.0 Å². The van der Waals surface area contributed by atoms with Gasteiger partial charge in [-0.05, 0) is 37.6 Å². The van der Waals surface area contributed by atoms with E-state index in [9.17, 15) is 9.59 Å². The van der Waals surface area contributed by atoms with Crippen molar-refractivity contribution in [2.45, 2.75) is 44.7 Å². The summed E-state index contributed by atoms with van der Waals surface area (Å²) >= 11 is 0. The van der Waals surface area contributed by atoms with Gasteiger partial charge < -0.3 is 10.2 Å². The number of nitrogens with zero attached hydrogens (tertiary/aromatic N) is 4. The van der Waals surface area contributed by atoms with Gasteiger partial charge in [0.25, 0.3) is 5.91 Å². The van der Waals surface area contributed by atoms with Gasteiger partial charge >= 0.3 is 0 Å². The molecule has 0 aromatic carbocycles. The summed E-state index contributed by atoms with van der Waals surface area (Å²) < 4.78 is 0. The lowest BCUT2D eigenvalue weighted by Crippen LogP contribution is -2.66. The van der Waals surface area contributed by atoms with Crippen molar-refractivity contribution in [2.24, 2.45) is 11.8 Å². The molecule has 1 aromatic heterocycles. The lowest BCUT2D eigenvalue weighted by Gasteiger charge is -2.56. The number of nitrogens with one attached hydrogen (secondary N) is 1. The molecule has 2 amide bonds. The predicted molar refractivity (Wildman–Crippen MR) is 96.3 cm³/mol. The van der Waals surface area contributed by atoms with Crippen molar-refractivity contribution in [2.75, 3.05) is 26.2 Å². The van der Waals surface area contributed by atoms with Crippen LogP contribution in [-0.2, 0) is 4.79 Å². The summed E-state index contributed by atoms with van der Waals surface area (Å²) in [7, 11) is 0. The van der Waals surface area contributed by atoms with Gasteiger partial charge in [0.15, 0.2) is 0 Å². The monoisotopic (exact) mass is 357 g/mol. The average molecular weight is 357 g/mol. The van der Waals surface area contributed by atoms with Crippen molar-refractivity contribution in [1.29, 1.82) is 0 Å². The highest BCUT2D eigenvalue weighted by molar-refractivity contribution is 5.92. The summed E-state index contributed by atoms with van der Waals surface area (Å²) in [5.74, 6) is 0.915.